The van der Waals surface area contributed by atoms with Crippen LogP contribution in [0.25, 0.3) is 0 Å². The van der Waals surface area contributed by atoms with Crippen molar-refractivity contribution in [2.45, 2.75) is 53.5 Å². The van der Waals surface area contributed by atoms with Crippen molar-refractivity contribution in [3.05, 3.63) is 11.1 Å². The van der Waals surface area contributed by atoms with Crippen molar-refractivity contribution >= 4 is 0 Å². The number of piperidine rings is 1. The summed E-state index contributed by atoms with van der Waals surface area (Å²) >= 11 is 0. The van der Waals surface area contributed by atoms with E-state index in [9.17, 15) is 0 Å². The number of likely N-dealkylation sites (N-methyl/N-ethyl adjacent to an activating group) is 1. The summed E-state index contributed by atoms with van der Waals surface area (Å²) < 4.78 is 0. The van der Waals surface area contributed by atoms with Crippen LogP contribution in [0.1, 0.15) is 47.5 Å². The molecule has 0 aromatic heterocycles. The summed E-state index contributed by atoms with van der Waals surface area (Å²) in [6.45, 7) is 12.8. The summed E-state index contributed by atoms with van der Waals surface area (Å²) in [6.07, 6.45) is 2.53. The SMILES string of the molecule is CCC1C(=C(C)C)C(C)(C)CCN1C. The van der Waals surface area contributed by atoms with Crippen molar-refractivity contribution < 1.29 is 0 Å². The van der Waals surface area contributed by atoms with Crippen LogP contribution in [0.4, 0.5) is 0 Å². The molecule has 0 radical (unpaired) electrons. The lowest BCUT2D eigenvalue weighted by atomic mass is 9.71. The van der Waals surface area contributed by atoms with E-state index < -0.39 is 0 Å². The minimum absolute atomic E-state index is 0.409. The van der Waals surface area contributed by atoms with Crippen LogP contribution >= 0.6 is 0 Å². The monoisotopic (exact) mass is 195 g/mol. The quantitative estimate of drug-likeness (QED) is 0.579. The molecule has 0 saturated carbocycles. The standard InChI is InChI=1S/C13H25N/c1-7-11-12(10(2)3)13(4,5)8-9-14(11)6/h11H,7-9H2,1-6H3. The summed E-state index contributed by atoms with van der Waals surface area (Å²) in [4.78, 5) is 2.51. The highest BCUT2D eigenvalue weighted by atomic mass is 15.1. The number of hydrogen-bond acceptors (Lipinski definition) is 1. The predicted molar refractivity (Wildman–Crippen MR) is 63.5 cm³/mol. The zero-order valence-corrected chi connectivity index (χ0v) is 10.6. The van der Waals surface area contributed by atoms with Gasteiger partial charge in [0.2, 0.25) is 0 Å². The highest BCUT2D eigenvalue weighted by molar-refractivity contribution is 5.26. The van der Waals surface area contributed by atoms with E-state index in [1.54, 1.807) is 5.57 Å². The van der Waals surface area contributed by atoms with E-state index in [-0.39, 0.29) is 0 Å². The predicted octanol–water partition coefficient (Wildman–Crippen LogP) is 3.46. The molecule has 0 aromatic carbocycles. The maximum absolute atomic E-state index is 2.51. The van der Waals surface area contributed by atoms with Crippen LogP contribution in [0, 0.1) is 5.41 Å². The topological polar surface area (TPSA) is 3.24 Å². The van der Waals surface area contributed by atoms with E-state index in [0.29, 0.717) is 11.5 Å². The van der Waals surface area contributed by atoms with Gasteiger partial charge in [-0.1, -0.05) is 26.3 Å². The maximum atomic E-state index is 2.51. The molecular weight excluding hydrogens is 170 g/mol. The van der Waals surface area contributed by atoms with Gasteiger partial charge in [0.15, 0.2) is 0 Å². The average molecular weight is 195 g/mol. The van der Waals surface area contributed by atoms with E-state index in [1.165, 1.54) is 25.0 Å². The van der Waals surface area contributed by atoms with E-state index in [1.807, 2.05) is 0 Å². The van der Waals surface area contributed by atoms with Crippen molar-refractivity contribution in [2.75, 3.05) is 13.6 Å². The van der Waals surface area contributed by atoms with Crippen LogP contribution in [0.5, 0.6) is 0 Å². The molecule has 1 nitrogen and oxygen atoms in total. The van der Waals surface area contributed by atoms with E-state index in [0.717, 1.165) is 0 Å². The molecule has 1 atom stereocenters. The van der Waals surface area contributed by atoms with Gasteiger partial charge >= 0.3 is 0 Å². The van der Waals surface area contributed by atoms with Crippen LogP contribution in [-0.2, 0) is 0 Å². The Morgan fingerprint density at radius 1 is 1.43 bits per heavy atom. The Morgan fingerprint density at radius 2 is 2.00 bits per heavy atom. The number of hydrogen-bond donors (Lipinski definition) is 0. The molecule has 82 valence electrons. The van der Waals surface area contributed by atoms with E-state index in [4.69, 9.17) is 0 Å². The van der Waals surface area contributed by atoms with Gasteiger partial charge in [0.1, 0.15) is 0 Å². The lowest BCUT2D eigenvalue weighted by Gasteiger charge is -2.45. The minimum Gasteiger partial charge on any atom is -0.300 e. The second-order valence-corrected chi connectivity index (χ2v) is 5.45. The van der Waals surface area contributed by atoms with Gasteiger partial charge in [0, 0.05) is 6.04 Å². The molecule has 0 bridgehead atoms. The molecule has 0 aliphatic carbocycles. The van der Waals surface area contributed by atoms with Crippen LogP contribution < -0.4 is 0 Å². The second kappa shape index (κ2) is 4.06. The van der Waals surface area contributed by atoms with Crippen molar-refractivity contribution in [2.24, 2.45) is 5.41 Å². The summed E-state index contributed by atoms with van der Waals surface area (Å²) in [6, 6.07) is 0.670. The van der Waals surface area contributed by atoms with Crippen molar-refractivity contribution in [3.8, 4) is 0 Å². The van der Waals surface area contributed by atoms with Crippen LogP contribution in [0.3, 0.4) is 0 Å². The van der Waals surface area contributed by atoms with Crippen molar-refractivity contribution in [1.82, 2.24) is 4.90 Å². The molecule has 1 rings (SSSR count). The maximum Gasteiger partial charge on any atom is 0.0309 e. The Labute approximate surface area is 89.2 Å². The molecule has 0 amide bonds. The van der Waals surface area contributed by atoms with Crippen molar-refractivity contribution in [1.29, 1.82) is 0 Å². The fourth-order valence-electron chi connectivity index (χ4n) is 2.94. The molecule has 1 heteroatoms. The first-order valence-corrected chi connectivity index (χ1v) is 5.78. The molecule has 14 heavy (non-hydrogen) atoms. The first-order valence-electron chi connectivity index (χ1n) is 5.78. The molecule has 0 aromatic rings. The van der Waals surface area contributed by atoms with Gasteiger partial charge in [-0.05, 0) is 51.3 Å². The molecule has 0 spiro atoms. The summed E-state index contributed by atoms with van der Waals surface area (Å²) in [7, 11) is 2.26. The average Bonchev–Trinajstić information content (AvgIpc) is 2.07. The molecule has 0 N–H and O–H groups in total. The number of nitrogens with zero attached hydrogens (tertiary/aromatic N) is 1. The number of likely N-dealkylation sites (tertiary alicyclic amines) is 1. The van der Waals surface area contributed by atoms with Gasteiger partial charge in [0.05, 0.1) is 0 Å². The molecule has 1 saturated heterocycles. The number of rotatable bonds is 1. The lowest BCUT2D eigenvalue weighted by molar-refractivity contribution is 0.156. The number of allylic oxidation sites excluding steroid dienone is 1. The first-order chi connectivity index (χ1) is 6.40. The summed E-state index contributed by atoms with van der Waals surface area (Å²) in [5, 5.41) is 0. The third-order valence-corrected chi connectivity index (χ3v) is 3.61. The highest BCUT2D eigenvalue weighted by Crippen LogP contribution is 2.41. The molecule has 1 heterocycles. The largest absolute Gasteiger partial charge is 0.300 e. The van der Waals surface area contributed by atoms with Crippen LogP contribution in [0.15, 0.2) is 11.1 Å². The van der Waals surface area contributed by atoms with E-state index >= 15 is 0 Å². The van der Waals surface area contributed by atoms with Gasteiger partial charge in [-0.25, -0.2) is 0 Å². The molecular formula is C13H25N. The Balaban J connectivity index is 3.07. The van der Waals surface area contributed by atoms with Gasteiger partial charge in [0.25, 0.3) is 0 Å². The van der Waals surface area contributed by atoms with Gasteiger partial charge in [-0.15, -0.1) is 0 Å². The second-order valence-electron chi connectivity index (χ2n) is 5.45. The molecule has 1 aliphatic heterocycles. The van der Waals surface area contributed by atoms with Crippen LogP contribution in [0.2, 0.25) is 0 Å². The Morgan fingerprint density at radius 3 is 2.36 bits per heavy atom. The minimum atomic E-state index is 0.409. The summed E-state index contributed by atoms with van der Waals surface area (Å²) in [5.74, 6) is 0. The Bertz CT molecular complexity index is 234. The van der Waals surface area contributed by atoms with Crippen LogP contribution in [-0.4, -0.2) is 24.5 Å². The smallest absolute Gasteiger partial charge is 0.0309 e. The van der Waals surface area contributed by atoms with E-state index in [2.05, 4.69) is 46.6 Å². The zero-order valence-electron chi connectivity index (χ0n) is 10.6. The highest BCUT2D eigenvalue weighted by Gasteiger charge is 2.35. The first kappa shape index (κ1) is 11.8. The zero-order chi connectivity index (χ0) is 10.9. The fraction of sp³-hybridized carbons (Fsp3) is 0.846. The van der Waals surface area contributed by atoms with Crippen molar-refractivity contribution in [3.63, 3.8) is 0 Å². The molecule has 1 fully saturated rings. The lowest BCUT2D eigenvalue weighted by Crippen LogP contribution is -2.45. The van der Waals surface area contributed by atoms with Gasteiger partial charge in [-0.3, -0.25) is 4.90 Å². The summed E-state index contributed by atoms with van der Waals surface area (Å²) in [5.41, 5.74) is 3.61. The van der Waals surface area contributed by atoms with Gasteiger partial charge in [-0.2, -0.15) is 0 Å². The Hall–Kier alpha value is -0.300. The fourth-order valence-corrected chi connectivity index (χ4v) is 2.94. The van der Waals surface area contributed by atoms with Gasteiger partial charge < -0.3 is 0 Å². The normalized spacial score (nSPS) is 27.9. The Kier molecular flexibility index (Phi) is 3.41. The third-order valence-electron chi connectivity index (χ3n) is 3.61. The molecule has 1 aliphatic rings. The third kappa shape index (κ3) is 2.03. The molecule has 1 unspecified atom stereocenters.